The number of rotatable bonds is 2. The summed E-state index contributed by atoms with van der Waals surface area (Å²) in [4.78, 5) is 26.8. The van der Waals surface area contributed by atoms with E-state index in [0.29, 0.717) is 15.6 Å². The summed E-state index contributed by atoms with van der Waals surface area (Å²) in [5.41, 5.74) is 0.987. The summed E-state index contributed by atoms with van der Waals surface area (Å²) >= 11 is 6.94. The van der Waals surface area contributed by atoms with Crippen LogP contribution in [0.1, 0.15) is 25.1 Å². The first-order valence-corrected chi connectivity index (χ1v) is 10.5. The van der Waals surface area contributed by atoms with Gasteiger partial charge in [0.15, 0.2) is 5.75 Å². The fourth-order valence-electron chi connectivity index (χ4n) is 3.99. The minimum absolute atomic E-state index is 0.0117. The van der Waals surface area contributed by atoms with Gasteiger partial charge in [0, 0.05) is 27.1 Å². The molecule has 0 aliphatic carbocycles. The second-order valence-electron chi connectivity index (χ2n) is 7.67. The van der Waals surface area contributed by atoms with E-state index in [4.69, 9.17) is 16.0 Å². The van der Waals surface area contributed by atoms with Crippen LogP contribution in [0, 0.1) is 0 Å². The maximum absolute atomic E-state index is 13.5. The zero-order valence-electron chi connectivity index (χ0n) is 16.1. The Kier molecular flexibility index (Phi) is 4.14. The normalized spacial score (nSPS) is 14.0. The number of halogens is 1. The Labute approximate surface area is 180 Å². The van der Waals surface area contributed by atoms with Gasteiger partial charge in [-0.3, -0.25) is 9.36 Å². The molecule has 0 saturated carbocycles. The Morgan fingerprint density at radius 2 is 1.77 bits per heavy atom. The SMILES string of the molecule is CC1(C)c2ccccc2-n2c1cc1oc(=O)c(Sc3ccc(Cl)cc3)c(O)c1c2=O. The van der Waals surface area contributed by atoms with Gasteiger partial charge in [-0.1, -0.05) is 55.4 Å². The van der Waals surface area contributed by atoms with Gasteiger partial charge in [-0.15, -0.1) is 0 Å². The third kappa shape index (κ3) is 2.64. The average molecular weight is 438 g/mol. The number of aromatic nitrogens is 1. The van der Waals surface area contributed by atoms with Crippen molar-refractivity contribution in [2.45, 2.75) is 29.1 Å². The van der Waals surface area contributed by atoms with Gasteiger partial charge in [-0.25, -0.2) is 4.79 Å². The Morgan fingerprint density at radius 3 is 2.50 bits per heavy atom. The van der Waals surface area contributed by atoms with Crippen LogP contribution < -0.4 is 11.2 Å². The molecule has 0 fully saturated rings. The molecule has 30 heavy (non-hydrogen) atoms. The van der Waals surface area contributed by atoms with Crippen LogP contribution in [0.2, 0.25) is 5.02 Å². The topological polar surface area (TPSA) is 72.4 Å². The van der Waals surface area contributed by atoms with Gasteiger partial charge in [-0.05, 0) is 35.9 Å². The molecule has 5 rings (SSSR count). The smallest absolute Gasteiger partial charge is 0.354 e. The molecule has 4 aromatic rings. The molecule has 1 N–H and O–H groups in total. The summed E-state index contributed by atoms with van der Waals surface area (Å²) in [5, 5.41) is 11.5. The molecular formula is C23H16ClNO4S. The van der Waals surface area contributed by atoms with Crippen molar-refractivity contribution in [2.75, 3.05) is 0 Å². The molecular weight excluding hydrogens is 422 g/mol. The Hall–Kier alpha value is -2.96. The molecule has 3 heterocycles. The highest BCUT2D eigenvalue weighted by atomic mass is 35.5. The van der Waals surface area contributed by atoms with E-state index >= 15 is 0 Å². The summed E-state index contributed by atoms with van der Waals surface area (Å²) in [6.07, 6.45) is 0. The molecule has 150 valence electrons. The lowest BCUT2D eigenvalue weighted by molar-refractivity contribution is 0.445. The van der Waals surface area contributed by atoms with Gasteiger partial charge < -0.3 is 9.52 Å². The van der Waals surface area contributed by atoms with Crippen molar-refractivity contribution in [1.82, 2.24) is 4.57 Å². The first-order valence-electron chi connectivity index (χ1n) is 9.28. The highest BCUT2D eigenvalue weighted by Gasteiger charge is 2.37. The van der Waals surface area contributed by atoms with Gasteiger partial charge in [-0.2, -0.15) is 0 Å². The molecule has 1 aliphatic rings. The van der Waals surface area contributed by atoms with E-state index in [9.17, 15) is 14.7 Å². The number of para-hydroxylation sites is 1. The molecule has 0 spiro atoms. The molecule has 2 aromatic carbocycles. The molecule has 1 aliphatic heterocycles. The van der Waals surface area contributed by atoms with Gasteiger partial charge in [0.2, 0.25) is 0 Å². The van der Waals surface area contributed by atoms with E-state index < -0.39 is 16.6 Å². The summed E-state index contributed by atoms with van der Waals surface area (Å²) in [6.45, 7) is 4.03. The third-order valence-electron chi connectivity index (χ3n) is 5.50. The average Bonchev–Trinajstić information content (AvgIpc) is 2.94. The zero-order chi connectivity index (χ0) is 21.2. The number of fused-ring (bicyclic) bond motifs is 4. The number of hydrogen-bond acceptors (Lipinski definition) is 5. The van der Waals surface area contributed by atoms with Crippen LogP contribution in [-0.4, -0.2) is 9.67 Å². The molecule has 7 heteroatoms. The summed E-state index contributed by atoms with van der Waals surface area (Å²) in [6, 6.07) is 16.1. The zero-order valence-corrected chi connectivity index (χ0v) is 17.7. The van der Waals surface area contributed by atoms with E-state index in [0.717, 1.165) is 23.0 Å². The quantitative estimate of drug-likeness (QED) is 0.472. The Balaban J connectivity index is 1.79. The van der Waals surface area contributed by atoms with Crippen LogP contribution in [0.25, 0.3) is 16.7 Å². The van der Waals surface area contributed by atoms with Crippen molar-refractivity contribution < 1.29 is 9.52 Å². The van der Waals surface area contributed by atoms with Crippen molar-refractivity contribution >= 4 is 34.3 Å². The van der Waals surface area contributed by atoms with Gasteiger partial charge >= 0.3 is 5.63 Å². The maximum Gasteiger partial charge on any atom is 0.354 e. The number of nitrogens with zero attached hydrogens (tertiary/aromatic N) is 1. The van der Waals surface area contributed by atoms with Crippen LogP contribution >= 0.6 is 23.4 Å². The first kappa shape index (κ1) is 19.0. The monoisotopic (exact) mass is 437 g/mol. The molecule has 0 atom stereocenters. The second kappa shape index (κ2) is 6.52. The number of aromatic hydroxyl groups is 1. The molecule has 0 radical (unpaired) electrons. The van der Waals surface area contributed by atoms with Crippen LogP contribution in [0.5, 0.6) is 5.75 Å². The standard InChI is InChI=1S/C23H16ClNO4S/c1-23(2)14-5-3-4-6-15(14)25-17(23)11-16-18(21(25)27)19(26)20(22(28)29-16)30-13-9-7-12(24)8-10-13/h3-11,26H,1-2H3. The molecule has 0 saturated heterocycles. The molecule has 2 aromatic heterocycles. The largest absolute Gasteiger partial charge is 0.505 e. The lowest BCUT2D eigenvalue weighted by atomic mass is 9.83. The predicted octanol–water partition coefficient (Wildman–Crippen LogP) is 5.09. The Morgan fingerprint density at radius 1 is 1.07 bits per heavy atom. The van der Waals surface area contributed by atoms with E-state index in [1.165, 1.54) is 0 Å². The van der Waals surface area contributed by atoms with Crippen molar-refractivity contribution in [3.05, 3.63) is 91.7 Å². The highest BCUT2D eigenvalue weighted by Crippen LogP contribution is 2.43. The second-order valence-corrected chi connectivity index (χ2v) is 9.19. The number of pyridine rings is 1. The number of benzene rings is 2. The van der Waals surface area contributed by atoms with Crippen LogP contribution in [0.3, 0.4) is 0 Å². The summed E-state index contributed by atoms with van der Waals surface area (Å²) < 4.78 is 7.08. The summed E-state index contributed by atoms with van der Waals surface area (Å²) in [7, 11) is 0. The number of hydrogen-bond donors (Lipinski definition) is 1. The highest BCUT2D eigenvalue weighted by molar-refractivity contribution is 7.99. The van der Waals surface area contributed by atoms with Gasteiger partial charge in [0.05, 0.1) is 5.69 Å². The lowest BCUT2D eigenvalue weighted by Crippen LogP contribution is -2.24. The minimum Gasteiger partial charge on any atom is -0.505 e. The van der Waals surface area contributed by atoms with Crippen molar-refractivity contribution in [3.63, 3.8) is 0 Å². The van der Waals surface area contributed by atoms with Crippen molar-refractivity contribution in [3.8, 4) is 11.4 Å². The van der Waals surface area contributed by atoms with Crippen molar-refractivity contribution in [1.29, 1.82) is 0 Å². The first-order chi connectivity index (χ1) is 14.3. The predicted molar refractivity (Wildman–Crippen MR) is 117 cm³/mol. The Bertz CT molecular complexity index is 1450. The minimum atomic E-state index is -0.697. The van der Waals surface area contributed by atoms with E-state index in [1.807, 2.05) is 38.1 Å². The van der Waals surface area contributed by atoms with Crippen molar-refractivity contribution in [2.24, 2.45) is 0 Å². The fourth-order valence-corrected chi connectivity index (χ4v) is 4.94. The van der Waals surface area contributed by atoms with Crippen LogP contribution in [0.4, 0.5) is 0 Å². The molecule has 0 bridgehead atoms. The molecule has 0 amide bonds. The fraction of sp³-hybridized carbons (Fsp3) is 0.130. The van der Waals surface area contributed by atoms with Gasteiger partial charge in [0.25, 0.3) is 5.56 Å². The van der Waals surface area contributed by atoms with Gasteiger partial charge in [0.1, 0.15) is 15.9 Å². The van der Waals surface area contributed by atoms with E-state index in [2.05, 4.69) is 0 Å². The van der Waals surface area contributed by atoms with E-state index in [-0.39, 0.29) is 21.6 Å². The lowest BCUT2D eigenvalue weighted by Gasteiger charge is -2.20. The third-order valence-corrected chi connectivity index (χ3v) is 6.83. The maximum atomic E-state index is 13.5. The molecule has 5 nitrogen and oxygen atoms in total. The van der Waals surface area contributed by atoms with Crippen LogP contribution in [0.15, 0.2) is 78.4 Å². The van der Waals surface area contributed by atoms with E-state index in [1.54, 1.807) is 34.9 Å². The molecule has 0 unspecified atom stereocenters. The van der Waals surface area contributed by atoms with Crippen LogP contribution in [-0.2, 0) is 5.41 Å². The summed E-state index contributed by atoms with van der Waals surface area (Å²) in [5.74, 6) is -0.372.